The number of carbonyl (C=O) groups is 2. The summed E-state index contributed by atoms with van der Waals surface area (Å²) in [7, 11) is 0. The van der Waals surface area contributed by atoms with Crippen molar-refractivity contribution in [2.45, 2.75) is 30.4 Å². The smallest absolute Gasteiger partial charge is 0.237 e. The maximum Gasteiger partial charge on any atom is 0.237 e. The minimum absolute atomic E-state index is 0.0512. The van der Waals surface area contributed by atoms with Gasteiger partial charge in [0.05, 0.1) is 5.25 Å². The molecule has 0 aliphatic heterocycles. The van der Waals surface area contributed by atoms with Crippen LogP contribution >= 0.6 is 23.4 Å². The molecule has 0 fully saturated rings. The predicted molar refractivity (Wildman–Crippen MR) is 101 cm³/mol. The Bertz CT molecular complexity index is 702. The molecular weight excluding hydrogens is 344 g/mol. The van der Waals surface area contributed by atoms with Crippen molar-refractivity contribution in [3.8, 4) is 0 Å². The summed E-state index contributed by atoms with van der Waals surface area (Å²) in [5.41, 5.74) is 1.40. The monoisotopic (exact) mass is 362 g/mol. The van der Waals surface area contributed by atoms with Gasteiger partial charge in [-0.25, -0.2) is 0 Å². The quantitative estimate of drug-likeness (QED) is 0.725. The lowest BCUT2D eigenvalue weighted by atomic mass is 10.2. The third kappa shape index (κ3) is 5.58. The molecule has 2 rings (SSSR count). The molecule has 0 saturated carbocycles. The predicted octanol–water partition coefficient (Wildman–Crippen LogP) is 4.81. The van der Waals surface area contributed by atoms with Crippen LogP contribution in [0.3, 0.4) is 0 Å². The SMILES string of the molecule is CCC(Sc1ccc(Cl)cc1)C(=O)Nc1ccc(NC(C)=O)cc1. The van der Waals surface area contributed by atoms with Crippen LogP contribution in [-0.4, -0.2) is 17.1 Å². The van der Waals surface area contributed by atoms with Crippen LogP contribution in [0.4, 0.5) is 11.4 Å². The molecule has 2 aromatic carbocycles. The second kappa shape index (κ2) is 8.76. The lowest BCUT2D eigenvalue weighted by Gasteiger charge is -2.15. The molecule has 1 atom stereocenters. The van der Waals surface area contributed by atoms with E-state index in [4.69, 9.17) is 11.6 Å². The van der Waals surface area contributed by atoms with Gasteiger partial charge in [-0.3, -0.25) is 9.59 Å². The third-order valence-electron chi connectivity index (χ3n) is 3.23. The molecule has 24 heavy (non-hydrogen) atoms. The van der Waals surface area contributed by atoms with E-state index in [1.54, 1.807) is 24.3 Å². The first-order valence-corrected chi connectivity index (χ1v) is 8.84. The van der Waals surface area contributed by atoms with E-state index in [0.717, 1.165) is 4.90 Å². The van der Waals surface area contributed by atoms with Gasteiger partial charge < -0.3 is 10.6 Å². The first kappa shape index (κ1) is 18.4. The Morgan fingerprint density at radius 2 is 1.54 bits per heavy atom. The zero-order chi connectivity index (χ0) is 17.5. The summed E-state index contributed by atoms with van der Waals surface area (Å²) in [6, 6.07) is 14.5. The lowest BCUT2D eigenvalue weighted by Crippen LogP contribution is -2.24. The van der Waals surface area contributed by atoms with Crippen molar-refractivity contribution >= 4 is 46.6 Å². The van der Waals surface area contributed by atoms with Gasteiger partial charge in [0.15, 0.2) is 0 Å². The van der Waals surface area contributed by atoms with E-state index in [1.165, 1.54) is 18.7 Å². The summed E-state index contributed by atoms with van der Waals surface area (Å²) in [5.74, 6) is -0.179. The van der Waals surface area contributed by atoms with Crippen LogP contribution in [0.25, 0.3) is 0 Å². The van der Waals surface area contributed by atoms with Crippen molar-refractivity contribution in [1.29, 1.82) is 0 Å². The van der Waals surface area contributed by atoms with Gasteiger partial charge in [0.1, 0.15) is 0 Å². The topological polar surface area (TPSA) is 58.2 Å². The lowest BCUT2D eigenvalue weighted by molar-refractivity contribution is -0.116. The molecule has 0 aliphatic carbocycles. The molecule has 0 radical (unpaired) electrons. The molecule has 0 heterocycles. The number of thioether (sulfide) groups is 1. The second-order valence-corrected chi connectivity index (χ2v) is 6.93. The maximum absolute atomic E-state index is 12.4. The summed E-state index contributed by atoms with van der Waals surface area (Å²) in [6.07, 6.45) is 0.711. The fourth-order valence-electron chi connectivity index (χ4n) is 2.06. The van der Waals surface area contributed by atoms with Crippen LogP contribution in [-0.2, 0) is 9.59 Å². The highest BCUT2D eigenvalue weighted by Gasteiger charge is 2.18. The van der Waals surface area contributed by atoms with E-state index in [-0.39, 0.29) is 17.1 Å². The minimum atomic E-state index is -0.193. The van der Waals surface area contributed by atoms with E-state index in [9.17, 15) is 9.59 Å². The molecular formula is C18H19ClN2O2S. The molecule has 0 spiro atoms. The molecule has 0 saturated heterocycles. The largest absolute Gasteiger partial charge is 0.326 e. The average molecular weight is 363 g/mol. The van der Waals surface area contributed by atoms with Gasteiger partial charge in [-0.15, -0.1) is 11.8 Å². The van der Waals surface area contributed by atoms with Crippen molar-refractivity contribution in [2.24, 2.45) is 0 Å². The molecule has 2 N–H and O–H groups in total. The standard InChI is InChI=1S/C18H19ClN2O2S/c1-3-17(24-16-10-4-13(19)5-11-16)18(23)21-15-8-6-14(7-9-15)20-12(2)22/h4-11,17H,3H2,1-2H3,(H,20,22)(H,21,23). The van der Waals surface area contributed by atoms with Crippen molar-refractivity contribution in [2.75, 3.05) is 10.6 Å². The highest BCUT2D eigenvalue weighted by molar-refractivity contribution is 8.00. The Hall–Kier alpha value is -1.98. The summed E-state index contributed by atoms with van der Waals surface area (Å²) < 4.78 is 0. The normalized spacial score (nSPS) is 11.6. The van der Waals surface area contributed by atoms with Crippen molar-refractivity contribution < 1.29 is 9.59 Å². The summed E-state index contributed by atoms with van der Waals surface area (Å²) >= 11 is 7.39. The van der Waals surface area contributed by atoms with E-state index in [0.29, 0.717) is 22.8 Å². The van der Waals surface area contributed by atoms with Crippen LogP contribution in [0.15, 0.2) is 53.4 Å². The number of nitrogens with one attached hydrogen (secondary N) is 2. The molecule has 0 aromatic heterocycles. The first-order chi connectivity index (χ1) is 11.5. The number of hydrogen-bond donors (Lipinski definition) is 2. The van der Waals surface area contributed by atoms with E-state index in [2.05, 4.69) is 10.6 Å². The van der Waals surface area contributed by atoms with Crippen LogP contribution < -0.4 is 10.6 Å². The summed E-state index contributed by atoms with van der Waals surface area (Å²) in [4.78, 5) is 24.5. The van der Waals surface area contributed by atoms with Crippen LogP contribution in [0.5, 0.6) is 0 Å². The fraction of sp³-hybridized carbons (Fsp3) is 0.222. The number of amides is 2. The van der Waals surface area contributed by atoms with Gasteiger partial charge in [-0.2, -0.15) is 0 Å². The minimum Gasteiger partial charge on any atom is -0.326 e. The van der Waals surface area contributed by atoms with Crippen LogP contribution in [0, 0.1) is 0 Å². The Kier molecular flexibility index (Phi) is 6.70. The molecule has 1 unspecified atom stereocenters. The van der Waals surface area contributed by atoms with Gasteiger partial charge in [0.25, 0.3) is 0 Å². The number of halogens is 1. The first-order valence-electron chi connectivity index (χ1n) is 7.58. The van der Waals surface area contributed by atoms with Crippen molar-refractivity contribution in [3.63, 3.8) is 0 Å². The number of rotatable bonds is 6. The number of hydrogen-bond acceptors (Lipinski definition) is 3. The molecule has 0 aliphatic rings. The van der Waals surface area contributed by atoms with Gasteiger partial charge in [-0.1, -0.05) is 18.5 Å². The number of benzene rings is 2. The third-order valence-corrected chi connectivity index (χ3v) is 4.86. The zero-order valence-corrected chi connectivity index (χ0v) is 15.1. The van der Waals surface area contributed by atoms with Crippen LogP contribution in [0.2, 0.25) is 5.02 Å². The van der Waals surface area contributed by atoms with E-state index in [1.807, 2.05) is 31.2 Å². The van der Waals surface area contributed by atoms with Gasteiger partial charge in [0.2, 0.25) is 11.8 Å². The molecule has 2 amide bonds. The fourth-order valence-corrected chi connectivity index (χ4v) is 3.14. The molecule has 126 valence electrons. The van der Waals surface area contributed by atoms with E-state index < -0.39 is 0 Å². The van der Waals surface area contributed by atoms with Gasteiger partial charge >= 0.3 is 0 Å². The maximum atomic E-state index is 12.4. The Labute approximate surface area is 151 Å². The Balaban J connectivity index is 1.98. The zero-order valence-electron chi connectivity index (χ0n) is 13.5. The van der Waals surface area contributed by atoms with Crippen molar-refractivity contribution in [1.82, 2.24) is 0 Å². The average Bonchev–Trinajstić information content (AvgIpc) is 2.55. The summed E-state index contributed by atoms with van der Waals surface area (Å²) in [5, 5.41) is 6.08. The van der Waals surface area contributed by atoms with Crippen LogP contribution in [0.1, 0.15) is 20.3 Å². The van der Waals surface area contributed by atoms with E-state index >= 15 is 0 Å². The Morgan fingerprint density at radius 1 is 1.00 bits per heavy atom. The van der Waals surface area contributed by atoms with Gasteiger partial charge in [0, 0.05) is 28.2 Å². The number of carbonyl (C=O) groups excluding carboxylic acids is 2. The highest BCUT2D eigenvalue weighted by atomic mass is 35.5. The molecule has 0 bridgehead atoms. The Morgan fingerprint density at radius 3 is 2.04 bits per heavy atom. The highest BCUT2D eigenvalue weighted by Crippen LogP contribution is 2.27. The van der Waals surface area contributed by atoms with Crippen molar-refractivity contribution in [3.05, 3.63) is 53.6 Å². The number of anilines is 2. The molecule has 2 aromatic rings. The summed E-state index contributed by atoms with van der Waals surface area (Å²) in [6.45, 7) is 3.43. The molecule has 4 nitrogen and oxygen atoms in total. The molecule has 6 heteroatoms. The second-order valence-electron chi connectivity index (χ2n) is 5.22. The van der Waals surface area contributed by atoms with Gasteiger partial charge in [-0.05, 0) is 55.0 Å².